The van der Waals surface area contributed by atoms with Gasteiger partial charge in [0.15, 0.2) is 0 Å². The van der Waals surface area contributed by atoms with Crippen molar-refractivity contribution in [1.82, 2.24) is 15.1 Å². The lowest BCUT2D eigenvalue weighted by Crippen LogP contribution is -2.32. The minimum atomic E-state index is 0.650. The van der Waals surface area contributed by atoms with E-state index >= 15 is 0 Å². The Morgan fingerprint density at radius 1 is 1.41 bits per heavy atom. The van der Waals surface area contributed by atoms with Gasteiger partial charge in [-0.2, -0.15) is 28.6 Å². The van der Waals surface area contributed by atoms with Gasteiger partial charge in [-0.05, 0) is 13.8 Å². The maximum atomic E-state index is 4.38. The minimum Gasteiger partial charge on any atom is -0.308 e. The Balaban J connectivity index is 1.85. The van der Waals surface area contributed by atoms with Crippen LogP contribution in [-0.4, -0.2) is 38.8 Å². The zero-order chi connectivity index (χ0) is 12.1. The van der Waals surface area contributed by atoms with E-state index in [4.69, 9.17) is 0 Å². The first-order chi connectivity index (χ1) is 8.31. The molecule has 3 nitrogen and oxygen atoms in total. The second-order valence-electron chi connectivity index (χ2n) is 4.30. The molecular formula is C12H21N3S2. The topological polar surface area (TPSA) is 29.9 Å². The predicted molar refractivity (Wildman–Crippen MR) is 77.9 cm³/mol. The summed E-state index contributed by atoms with van der Waals surface area (Å²) in [6, 6.07) is 0.650. The molecule has 0 aliphatic carbocycles. The van der Waals surface area contributed by atoms with Crippen molar-refractivity contribution >= 4 is 23.5 Å². The van der Waals surface area contributed by atoms with Crippen LogP contribution in [0.5, 0.6) is 0 Å². The van der Waals surface area contributed by atoms with E-state index < -0.39 is 0 Å². The molecule has 2 heterocycles. The molecule has 0 atom stereocenters. The molecule has 1 N–H and O–H groups in total. The second kappa shape index (κ2) is 6.71. The van der Waals surface area contributed by atoms with Crippen molar-refractivity contribution in [3.8, 4) is 0 Å². The fraction of sp³-hybridized carbons (Fsp3) is 0.750. The van der Waals surface area contributed by atoms with Gasteiger partial charge < -0.3 is 5.32 Å². The lowest BCUT2D eigenvalue weighted by Gasteiger charge is -2.15. The SMILES string of the molecule is CCn1ncc(CNC2CSCCSC2)c1C. The monoisotopic (exact) mass is 271 g/mol. The van der Waals surface area contributed by atoms with Crippen LogP contribution in [0.1, 0.15) is 18.2 Å². The van der Waals surface area contributed by atoms with E-state index in [1.165, 1.54) is 34.3 Å². The molecule has 0 aromatic carbocycles. The second-order valence-corrected chi connectivity index (χ2v) is 6.60. The van der Waals surface area contributed by atoms with Crippen molar-refractivity contribution in [2.45, 2.75) is 33.0 Å². The van der Waals surface area contributed by atoms with Crippen molar-refractivity contribution in [1.29, 1.82) is 0 Å². The van der Waals surface area contributed by atoms with Crippen LogP contribution in [0.3, 0.4) is 0 Å². The Morgan fingerprint density at radius 3 is 2.71 bits per heavy atom. The predicted octanol–water partition coefficient (Wildman–Crippen LogP) is 2.15. The first-order valence-electron chi connectivity index (χ1n) is 6.21. The number of aromatic nitrogens is 2. The fourth-order valence-corrected chi connectivity index (χ4v) is 4.43. The Morgan fingerprint density at radius 2 is 2.12 bits per heavy atom. The van der Waals surface area contributed by atoms with Gasteiger partial charge in [0, 0.05) is 53.4 Å². The molecule has 1 aliphatic heterocycles. The fourth-order valence-electron chi connectivity index (χ4n) is 1.97. The highest BCUT2D eigenvalue weighted by Crippen LogP contribution is 2.17. The molecule has 0 saturated carbocycles. The van der Waals surface area contributed by atoms with Crippen LogP contribution in [0.15, 0.2) is 6.20 Å². The van der Waals surface area contributed by atoms with Crippen LogP contribution >= 0.6 is 23.5 Å². The van der Waals surface area contributed by atoms with E-state index in [0.29, 0.717) is 6.04 Å². The van der Waals surface area contributed by atoms with E-state index in [0.717, 1.165) is 13.1 Å². The Labute approximate surface area is 112 Å². The summed E-state index contributed by atoms with van der Waals surface area (Å²) in [6.07, 6.45) is 2.00. The van der Waals surface area contributed by atoms with Gasteiger partial charge in [0.25, 0.3) is 0 Å². The molecule has 17 heavy (non-hydrogen) atoms. The van der Waals surface area contributed by atoms with Gasteiger partial charge in [-0.15, -0.1) is 0 Å². The first kappa shape index (κ1) is 13.3. The van der Waals surface area contributed by atoms with Gasteiger partial charge in [-0.3, -0.25) is 4.68 Å². The van der Waals surface area contributed by atoms with Crippen molar-refractivity contribution in [2.75, 3.05) is 23.0 Å². The largest absolute Gasteiger partial charge is 0.308 e. The van der Waals surface area contributed by atoms with Crippen molar-refractivity contribution < 1.29 is 0 Å². The van der Waals surface area contributed by atoms with Crippen LogP contribution in [0.4, 0.5) is 0 Å². The number of nitrogens with zero attached hydrogens (tertiary/aromatic N) is 2. The van der Waals surface area contributed by atoms with E-state index in [-0.39, 0.29) is 0 Å². The van der Waals surface area contributed by atoms with Crippen molar-refractivity contribution in [2.24, 2.45) is 0 Å². The van der Waals surface area contributed by atoms with Crippen LogP contribution < -0.4 is 5.32 Å². The van der Waals surface area contributed by atoms with Crippen molar-refractivity contribution in [3.05, 3.63) is 17.5 Å². The van der Waals surface area contributed by atoms with Crippen LogP contribution in [0.25, 0.3) is 0 Å². The van der Waals surface area contributed by atoms with Crippen LogP contribution in [0.2, 0.25) is 0 Å². The molecule has 1 saturated heterocycles. The molecule has 1 aromatic rings. The smallest absolute Gasteiger partial charge is 0.0537 e. The third-order valence-electron chi connectivity index (χ3n) is 3.10. The molecule has 2 rings (SSSR count). The van der Waals surface area contributed by atoms with Crippen molar-refractivity contribution in [3.63, 3.8) is 0 Å². The molecule has 1 fully saturated rings. The Bertz CT molecular complexity index is 344. The molecule has 0 amide bonds. The summed E-state index contributed by atoms with van der Waals surface area (Å²) in [5.41, 5.74) is 2.64. The van der Waals surface area contributed by atoms with E-state index in [1.807, 2.05) is 6.20 Å². The van der Waals surface area contributed by atoms with Gasteiger partial charge in [0.05, 0.1) is 6.20 Å². The summed E-state index contributed by atoms with van der Waals surface area (Å²) in [4.78, 5) is 0. The molecule has 5 heteroatoms. The van der Waals surface area contributed by atoms with Crippen LogP contribution in [-0.2, 0) is 13.1 Å². The Hall–Kier alpha value is -0.130. The number of rotatable bonds is 4. The normalized spacial score (nSPS) is 18.2. The first-order valence-corrected chi connectivity index (χ1v) is 8.52. The molecule has 0 spiro atoms. The summed E-state index contributed by atoms with van der Waals surface area (Å²) in [5.74, 6) is 5.09. The third kappa shape index (κ3) is 3.66. The minimum absolute atomic E-state index is 0.650. The number of aryl methyl sites for hydroxylation is 1. The molecule has 0 unspecified atom stereocenters. The highest BCUT2D eigenvalue weighted by atomic mass is 32.2. The number of thioether (sulfide) groups is 2. The summed E-state index contributed by atoms with van der Waals surface area (Å²) in [5, 5.41) is 8.04. The average molecular weight is 271 g/mol. The van der Waals surface area contributed by atoms with Crippen LogP contribution in [0, 0.1) is 6.92 Å². The summed E-state index contributed by atoms with van der Waals surface area (Å²) in [6.45, 7) is 6.21. The van der Waals surface area contributed by atoms with E-state index in [9.17, 15) is 0 Å². The van der Waals surface area contributed by atoms with E-state index in [2.05, 4.69) is 52.5 Å². The highest BCUT2D eigenvalue weighted by Gasteiger charge is 2.13. The molecule has 0 bridgehead atoms. The Kier molecular flexibility index (Phi) is 5.25. The standard InChI is InChI=1S/C12H21N3S2/c1-3-15-10(2)11(7-14-15)6-13-12-8-16-4-5-17-9-12/h7,12-13H,3-6,8-9H2,1-2H3. The van der Waals surface area contributed by atoms with Gasteiger partial charge in [-0.25, -0.2) is 0 Å². The molecule has 1 aromatic heterocycles. The maximum absolute atomic E-state index is 4.38. The zero-order valence-corrected chi connectivity index (χ0v) is 12.2. The number of hydrogen-bond acceptors (Lipinski definition) is 4. The van der Waals surface area contributed by atoms with Gasteiger partial charge in [0.2, 0.25) is 0 Å². The van der Waals surface area contributed by atoms with Gasteiger partial charge in [-0.1, -0.05) is 0 Å². The lowest BCUT2D eigenvalue weighted by atomic mass is 10.2. The molecule has 1 aliphatic rings. The zero-order valence-electron chi connectivity index (χ0n) is 10.6. The average Bonchev–Trinajstić information content (AvgIpc) is 2.56. The molecule has 0 radical (unpaired) electrons. The number of nitrogens with one attached hydrogen (secondary N) is 1. The highest BCUT2D eigenvalue weighted by molar-refractivity contribution is 8.03. The summed E-state index contributed by atoms with van der Waals surface area (Å²) < 4.78 is 2.06. The van der Waals surface area contributed by atoms with E-state index in [1.54, 1.807) is 0 Å². The third-order valence-corrected chi connectivity index (χ3v) is 5.62. The molecular weight excluding hydrogens is 250 g/mol. The quantitative estimate of drug-likeness (QED) is 0.909. The van der Waals surface area contributed by atoms with Gasteiger partial charge >= 0.3 is 0 Å². The summed E-state index contributed by atoms with van der Waals surface area (Å²) >= 11 is 4.14. The maximum Gasteiger partial charge on any atom is 0.0537 e. The molecule has 96 valence electrons. The lowest BCUT2D eigenvalue weighted by molar-refractivity contribution is 0.597. The van der Waals surface area contributed by atoms with Gasteiger partial charge in [0.1, 0.15) is 0 Å². The number of hydrogen-bond donors (Lipinski definition) is 1. The summed E-state index contributed by atoms with van der Waals surface area (Å²) in [7, 11) is 0.